The van der Waals surface area contributed by atoms with Crippen LogP contribution in [0.1, 0.15) is 25.0 Å². The van der Waals surface area contributed by atoms with Crippen LogP contribution < -0.4 is 41.6 Å². The molecule has 0 saturated heterocycles. The third-order valence-corrected chi connectivity index (χ3v) is 18.3. The fourth-order valence-corrected chi connectivity index (χ4v) is 17.3. The topological polar surface area (TPSA) is 3.24 Å². The first kappa shape index (κ1) is 29.2. The maximum absolute atomic E-state index is 2.77. The Morgan fingerprint density at radius 2 is 0.938 bits per heavy atom. The molecule has 0 amide bonds. The van der Waals surface area contributed by atoms with Gasteiger partial charge >= 0.3 is 0 Å². The first-order chi connectivity index (χ1) is 23.6. The van der Waals surface area contributed by atoms with E-state index < -0.39 is 16.0 Å². The molecule has 0 bridgehead atoms. The third kappa shape index (κ3) is 4.20. The van der Waals surface area contributed by atoms with E-state index >= 15 is 0 Å². The summed E-state index contributed by atoms with van der Waals surface area (Å²) < 4.78 is 0. The lowest BCUT2D eigenvalue weighted by molar-refractivity contribution is 0.632. The molecule has 7 aromatic rings. The Labute approximate surface area is 285 Å². The van der Waals surface area contributed by atoms with Crippen molar-refractivity contribution in [1.29, 1.82) is 0 Å². The number of hydrogen-bond acceptors (Lipinski definition) is 1. The van der Waals surface area contributed by atoms with Crippen molar-refractivity contribution in [2.75, 3.05) is 4.90 Å². The van der Waals surface area contributed by atoms with Gasteiger partial charge < -0.3 is 4.90 Å². The second-order valence-electron chi connectivity index (χ2n) is 13.4. The molecule has 0 radical (unpaired) electrons. The SMILES string of the molecule is CC1(C)c2ccccc2N(c2ccc3c(c2)[Si](c2ccccc2)(c2ccccc2)c2ccccc2P3c2ccccc2)c2ccccc21. The van der Waals surface area contributed by atoms with Crippen LogP contribution in [0.3, 0.4) is 0 Å². The number of nitrogens with zero attached hydrogens (tertiary/aromatic N) is 1. The molecular weight excluding hydrogens is 614 g/mol. The van der Waals surface area contributed by atoms with Crippen molar-refractivity contribution in [3.63, 3.8) is 0 Å². The molecule has 0 N–H and O–H groups in total. The van der Waals surface area contributed by atoms with Crippen LogP contribution in [-0.4, -0.2) is 8.07 Å². The Kier molecular flexibility index (Phi) is 6.87. The van der Waals surface area contributed by atoms with Crippen LogP contribution in [0.15, 0.2) is 182 Å². The van der Waals surface area contributed by atoms with Crippen LogP contribution in [-0.2, 0) is 5.41 Å². The Morgan fingerprint density at radius 1 is 0.458 bits per heavy atom. The van der Waals surface area contributed by atoms with Crippen LogP contribution in [0, 0.1) is 0 Å². The lowest BCUT2D eigenvalue weighted by Gasteiger charge is -2.45. The Balaban J connectivity index is 1.41. The van der Waals surface area contributed by atoms with Gasteiger partial charge in [0.1, 0.15) is 0 Å². The first-order valence-corrected chi connectivity index (χ1v) is 20.1. The van der Waals surface area contributed by atoms with E-state index in [1.165, 1.54) is 64.8 Å². The summed E-state index contributed by atoms with van der Waals surface area (Å²) in [6.07, 6.45) is 0. The number of fused-ring (bicyclic) bond motifs is 4. The van der Waals surface area contributed by atoms with Crippen molar-refractivity contribution in [3.05, 3.63) is 193 Å². The summed E-state index contributed by atoms with van der Waals surface area (Å²) >= 11 is 0. The number of para-hydroxylation sites is 2. The molecule has 48 heavy (non-hydrogen) atoms. The van der Waals surface area contributed by atoms with Gasteiger partial charge in [0.05, 0.1) is 11.4 Å². The highest BCUT2D eigenvalue weighted by Crippen LogP contribution is 2.51. The number of rotatable bonds is 4. The molecule has 1 nitrogen and oxygen atoms in total. The highest BCUT2D eigenvalue weighted by molar-refractivity contribution is 7.81. The van der Waals surface area contributed by atoms with Crippen LogP contribution in [0.5, 0.6) is 0 Å². The number of benzene rings is 7. The van der Waals surface area contributed by atoms with Crippen molar-refractivity contribution in [2.45, 2.75) is 19.3 Å². The number of hydrogen-bond donors (Lipinski definition) is 0. The first-order valence-electron chi connectivity index (χ1n) is 16.8. The molecule has 7 aromatic carbocycles. The second kappa shape index (κ2) is 11.3. The minimum atomic E-state index is -2.77. The average Bonchev–Trinajstić information content (AvgIpc) is 3.15. The molecule has 2 heterocycles. The van der Waals surface area contributed by atoms with E-state index in [1.54, 1.807) is 0 Å². The zero-order chi connectivity index (χ0) is 32.3. The van der Waals surface area contributed by atoms with Crippen LogP contribution in [0.4, 0.5) is 17.1 Å². The normalized spacial score (nSPS) is 16.6. The van der Waals surface area contributed by atoms with Gasteiger partial charge in [-0.05, 0) is 80.0 Å². The van der Waals surface area contributed by atoms with Crippen molar-refractivity contribution < 1.29 is 0 Å². The summed E-state index contributed by atoms with van der Waals surface area (Å²) in [4.78, 5) is 2.52. The molecule has 3 heteroatoms. The Morgan fingerprint density at radius 3 is 1.54 bits per heavy atom. The minimum Gasteiger partial charge on any atom is -0.310 e. The number of anilines is 3. The van der Waals surface area contributed by atoms with Gasteiger partial charge in [0, 0.05) is 11.1 Å². The van der Waals surface area contributed by atoms with Gasteiger partial charge in [0.15, 0.2) is 8.07 Å². The fourth-order valence-electron chi connectivity index (χ4n) is 8.39. The van der Waals surface area contributed by atoms with Crippen molar-refractivity contribution in [1.82, 2.24) is 0 Å². The molecule has 0 aliphatic carbocycles. The molecule has 2 aliphatic heterocycles. The largest absolute Gasteiger partial charge is 0.310 e. The summed E-state index contributed by atoms with van der Waals surface area (Å²) in [5.41, 5.74) is 6.34. The van der Waals surface area contributed by atoms with Crippen LogP contribution in [0.25, 0.3) is 0 Å². The summed E-state index contributed by atoms with van der Waals surface area (Å²) in [5.74, 6) is 0. The van der Waals surface area contributed by atoms with E-state index in [0.29, 0.717) is 0 Å². The van der Waals surface area contributed by atoms with E-state index in [0.717, 1.165) is 0 Å². The second-order valence-corrected chi connectivity index (χ2v) is 19.2. The summed E-state index contributed by atoms with van der Waals surface area (Å²) in [6, 6.07) is 68.8. The van der Waals surface area contributed by atoms with E-state index in [9.17, 15) is 0 Å². The lowest BCUT2D eigenvalue weighted by atomic mass is 9.73. The molecule has 0 spiro atoms. The molecule has 1 atom stereocenters. The third-order valence-electron chi connectivity index (χ3n) is 10.5. The van der Waals surface area contributed by atoms with E-state index in [-0.39, 0.29) is 5.41 Å². The van der Waals surface area contributed by atoms with E-state index in [1.807, 2.05) is 0 Å². The van der Waals surface area contributed by atoms with Gasteiger partial charge in [-0.15, -0.1) is 0 Å². The summed E-state index contributed by atoms with van der Waals surface area (Å²) in [7, 11) is -3.54. The molecule has 230 valence electrons. The van der Waals surface area contributed by atoms with Crippen LogP contribution >= 0.6 is 7.92 Å². The Bertz CT molecular complexity index is 2190. The molecular formula is C45H36NPSi. The van der Waals surface area contributed by atoms with Crippen molar-refractivity contribution >= 4 is 69.7 Å². The smallest absolute Gasteiger partial charge is 0.181 e. The van der Waals surface area contributed by atoms with E-state index in [2.05, 4.69) is 201 Å². The van der Waals surface area contributed by atoms with Crippen molar-refractivity contribution in [3.8, 4) is 0 Å². The molecule has 0 saturated carbocycles. The quantitative estimate of drug-likeness (QED) is 0.144. The maximum atomic E-state index is 2.58. The predicted molar refractivity (Wildman–Crippen MR) is 209 cm³/mol. The fraction of sp³-hybridized carbons (Fsp3) is 0.0667. The summed E-state index contributed by atoms with van der Waals surface area (Å²) in [5, 5.41) is 10.2. The van der Waals surface area contributed by atoms with Gasteiger partial charge in [-0.25, -0.2) is 0 Å². The molecule has 0 aromatic heterocycles. The zero-order valence-corrected chi connectivity index (χ0v) is 29.1. The van der Waals surface area contributed by atoms with E-state index in [4.69, 9.17) is 0 Å². The van der Waals surface area contributed by atoms with Crippen LogP contribution in [0.2, 0.25) is 0 Å². The van der Waals surface area contributed by atoms with Gasteiger partial charge in [0.2, 0.25) is 0 Å². The van der Waals surface area contributed by atoms with Gasteiger partial charge in [-0.2, -0.15) is 0 Å². The predicted octanol–water partition coefficient (Wildman–Crippen LogP) is 7.24. The van der Waals surface area contributed by atoms with Gasteiger partial charge in [0.25, 0.3) is 0 Å². The monoisotopic (exact) mass is 649 g/mol. The molecule has 9 rings (SSSR count). The summed E-state index contributed by atoms with van der Waals surface area (Å²) in [6.45, 7) is 4.73. The minimum absolute atomic E-state index is 0.106. The highest BCUT2D eigenvalue weighted by Gasteiger charge is 2.49. The maximum Gasteiger partial charge on any atom is 0.181 e. The zero-order valence-electron chi connectivity index (χ0n) is 27.2. The standard InChI is InChI=1S/C45H36NPSi/c1-45(2)37-24-12-14-26-39(37)46(40-27-15-13-25-38(40)45)33-30-31-42-44(32-33)48(35-20-8-4-9-21-35,36-22-10-5-11-23-36)43-29-17-16-28-41(43)47(42)34-18-6-3-7-19-34/h3-32H,1-2H3. The van der Waals surface area contributed by atoms with Crippen molar-refractivity contribution in [2.24, 2.45) is 0 Å². The molecule has 0 fully saturated rings. The molecule has 1 unspecified atom stereocenters. The van der Waals surface area contributed by atoms with Gasteiger partial charge in [-0.1, -0.05) is 172 Å². The molecule has 2 aliphatic rings. The van der Waals surface area contributed by atoms with Gasteiger partial charge in [-0.3, -0.25) is 0 Å². The highest BCUT2D eigenvalue weighted by atomic mass is 31.1. The lowest BCUT2D eigenvalue weighted by Crippen LogP contribution is -2.81. The average molecular weight is 650 g/mol. The Hall–Kier alpha value is -5.01.